The normalized spacial score (nSPS) is 12.8. The summed E-state index contributed by atoms with van der Waals surface area (Å²) in [6.07, 6.45) is 1.88. The zero-order chi connectivity index (χ0) is 12.8. The molecule has 0 heterocycles. The Bertz CT molecular complexity index is 343. The second-order valence-electron chi connectivity index (χ2n) is 5.09. The number of hydrogen-bond donors (Lipinski definition) is 1. The van der Waals surface area contributed by atoms with Gasteiger partial charge in [0.2, 0.25) is 0 Å². The second-order valence-corrected chi connectivity index (χ2v) is 5.09. The molecule has 0 amide bonds. The number of ether oxygens (including phenoxy) is 1. The molecule has 1 rings (SSSR count). The van der Waals surface area contributed by atoms with E-state index in [4.69, 9.17) is 4.74 Å². The molecule has 1 aromatic rings. The van der Waals surface area contributed by atoms with Gasteiger partial charge in [0.15, 0.2) is 0 Å². The van der Waals surface area contributed by atoms with E-state index in [1.807, 2.05) is 25.1 Å². The van der Waals surface area contributed by atoms with Crippen LogP contribution in [0.3, 0.4) is 0 Å². The third kappa shape index (κ3) is 4.78. The first-order valence-electron chi connectivity index (χ1n) is 6.42. The fraction of sp³-hybridized carbons (Fsp3) is 0.600. The standard InChI is InChI=1S/C15H24O2/c1-11(2)6-5-9-17-15-8-7-14(13(4)16)10-12(15)3/h7-8,10-11,13,16H,5-6,9H2,1-4H3. The van der Waals surface area contributed by atoms with Crippen molar-refractivity contribution in [1.82, 2.24) is 0 Å². The molecule has 17 heavy (non-hydrogen) atoms. The van der Waals surface area contributed by atoms with Crippen LogP contribution in [0.2, 0.25) is 0 Å². The van der Waals surface area contributed by atoms with Gasteiger partial charge in [-0.05, 0) is 55.9 Å². The van der Waals surface area contributed by atoms with Crippen molar-refractivity contribution in [2.24, 2.45) is 5.92 Å². The summed E-state index contributed by atoms with van der Waals surface area (Å²) in [5.41, 5.74) is 2.03. The highest BCUT2D eigenvalue weighted by atomic mass is 16.5. The van der Waals surface area contributed by atoms with Crippen molar-refractivity contribution in [3.05, 3.63) is 29.3 Å². The molecule has 0 saturated carbocycles. The lowest BCUT2D eigenvalue weighted by Gasteiger charge is -2.12. The number of rotatable bonds is 6. The predicted molar refractivity (Wildman–Crippen MR) is 71.4 cm³/mol. The molecular weight excluding hydrogens is 212 g/mol. The third-order valence-electron chi connectivity index (χ3n) is 2.86. The largest absolute Gasteiger partial charge is 0.493 e. The van der Waals surface area contributed by atoms with E-state index in [1.165, 1.54) is 6.42 Å². The van der Waals surface area contributed by atoms with Crippen molar-refractivity contribution in [3.8, 4) is 5.75 Å². The number of hydrogen-bond acceptors (Lipinski definition) is 2. The van der Waals surface area contributed by atoms with E-state index in [9.17, 15) is 5.11 Å². The lowest BCUT2D eigenvalue weighted by molar-refractivity contribution is 0.199. The molecule has 0 fully saturated rings. The van der Waals surface area contributed by atoms with Crippen LogP contribution >= 0.6 is 0 Å². The van der Waals surface area contributed by atoms with E-state index >= 15 is 0 Å². The average molecular weight is 236 g/mol. The summed E-state index contributed by atoms with van der Waals surface area (Å²) >= 11 is 0. The number of benzene rings is 1. The van der Waals surface area contributed by atoms with Crippen LogP contribution in [0.4, 0.5) is 0 Å². The fourth-order valence-corrected chi connectivity index (χ4v) is 1.77. The van der Waals surface area contributed by atoms with Gasteiger partial charge in [-0.1, -0.05) is 19.9 Å². The molecule has 1 atom stereocenters. The van der Waals surface area contributed by atoms with Crippen LogP contribution in [-0.4, -0.2) is 11.7 Å². The van der Waals surface area contributed by atoms with Gasteiger partial charge >= 0.3 is 0 Å². The van der Waals surface area contributed by atoms with Crippen LogP contribution in [-0.2, 0) is 0 Å². The third-order valence-corrected chi connectivity index (χ3v) is 2.86. The highest BCUT2D eigenvalue weighted by Crippen LogP contribution is 2.22. The van der Waals surface area contributed by atoms with Crippen molar-refractivity contribution in [2.75, 3.05) is 6.61 Å². The van der Waals surface area contributed by atoms with Crippen molar-refractivity contribution in [3.63, 3.8) is 0 Å². The molecule has 1 N–H and O–H groups in total. The molecule has 0 aliphatic heterocycles. The molecule has 0 bridgehead atoms. The van der Waals surface area contributed by atoms with Crippen molar-refractivity contribution >= 4 is 0 Å². The number of aliphatic hydroxyl groups excluding tert-OH is 1. The Morgan fingerprint density at radius 3 is 2.47 bits per heavy atom. The summed E-state index contributed by atoms with van der Waals surface area (Å²) in [6.45, 7) is 9.01. The zero-order valence-electron chi connectivity index (χ0n) is 11.4. The second kappa shape index (κ2) is 6.65. The van der Waals surface area contributed by atoms with Gasteiger partial charge in [0.05, 0.1) is 12.7 Å². The van der Waals surface area contributed by atoms with Crippen molar-refractivity contribution in [1.29, 1.82) is 0 Å². The van der Waals surface area contributed by atoms with Gasteiger partial charge in [0.25, 0.3) is 0 Å². The summed E-state index contributed by atoms with van der Waals surface area (Å²) in [4.78, 5) is 0. The van der Waals surface area contributed by atoms with Crippen LogP contribution in [0, 0.1) is 12.8 Å². The quantitative estimate of drug-likeness (QED) is 0.760. The smallest absolute Gasteiger partial charge is 0.122 e. The molecule has 96 valence electrons. The van der Waals surface area contributed by atoms with E-state index in [-0.39, 0.29) is 0 Å². The SMILES string of the molecule is Cc1cc(C(C)O)ccc1OCCCC(C)C. The summed E-state index contributed by atoms with van der Waals surface area (Å²) in [5, 5.41) is 9.47. The van der Waals surface area contributed by atoms with Gasteiger partial charge < -0.3 is 9.84 Å². The molecule has 0 aromatic heterocycles. The Hall–Kier alpha value is -1.02. The first kappa shape index (κ1) is 14.0. The lowest BCUT2D eigenvalue weighted by atomic mass is 10.1. The molecule has 2 nitrogen and oxygen atoms in total. The van der Waals surface area contributed by atoms with E-state index in [2.05, 4.69) is 13.8 Å². The topological polar surface area (TPSA) is 29.5 Å². The van der Waals surface area contributed by atoms with Crippen LogP contribution in [0.25, 0.3) is 0 Å². The molecule has 0 aliphatic carbocycles. The lowest BCUT2D eigenvalue weighted by Crippen LogP contribution is -2.01. The molecule has 1 unspecified atom stereocenters. The van der Waals surface area contributed by atoms with Gasteiger partial charge in [0.1, 0.15) is 5.75 Å². The van der Waals surface area contributed by atoms with E-state index in [1.54, 1.807) is 6.92 Å². The maximum Gasteiger partial charge on any atom is 0.122 e. The fourth-order valence-electron chi connectivity index (χ4n) is 1.77. The maximum absolute atomic E-state index is 9.47. The minimum atomic E-state index is -0.413. The monoisotopic (exact) mass is 236 g/mol. The zero-order valence-corrected chi connectivity index (χ0v) is 11.4. The van der Waals surface area contributed by atoms with Gasteiger partial charge in [0, 0.05) is 0 Å². The molecule has 0 aliphatic rings. The molecular formula is C15H24O2. The summed E-state index contributed by atoms with van der Waals surface area (Å²) in [7, 11) is 0. The summed E-state index contributed by atoms with van der Waals surface area (Å²) in [5.74, 6) is 1.66. The van der Waals surface area contributed by atoms with Gasteiger partial charge in [-0.3, -0.25) is 0 Å². The number of aliphatic hydroxyl groups is 1. The van der Waals surface area contributed by atoms with Crippen molar-refractivity contribution in [2.45, 2.75) is 46.6 Å². The van der Waals surface area contributed by atoms with Gasteiger partial charge in [-0.2, -0.15) is 0 Å². The minimum Gasteiger partial charge on any atom is -0.493 e. The minimum absolute atomic E-state index is 0.413. The average Bonchev–Trinajstić information content (AvgIpc) is 2.25. The van der Waals surface area contributed by atoms with Gasteiger partial charge in [-0.15, -0.1) is 0 Å². The molecule has 2 heteroatoms. The van der Waals surface area contributed by atoms with Crippen molar-refractivity contribution < 1.29 is 9.84 Å². The van der Waals surface area contributed by atoms with E-state index < -0.39 is 6.10 Å². The molecule has 0 spiro atoms. The predicted octanol–water partition coefficient (Wildman–Crippen LogP) is 3.86. The summed E-state index contributed by atoms with van der Waals surface area (Å²) < 4.78 is 5.74. The molecule has 1 aromatic carbocycles. The Kier molecular flexibility index (Phi) is 5.49. The summed E-state index contributed by atoms with van der Waals surface area (Å²) in [6, 6.07) is 5.87. The number of aryl methyl sites for hydroxylation is 1. The first-order valence-corrected chi connectivity index (χ1v) is 6.42. The van der Waals surface area contributed by atoms with E-state index in [0.29, 0.717) is 0 Å². The Balaban J connectivity index is 2.49. The van der Waals surface area contributed by atoms with Crippen LogP contribution in [0.1, 0.15) is 50.8 Å². The Morgan fingerprint density at radius 1 is 1.24 bits per heavy atom. The molecule has 0 saturated heterocycles. The Labute approximate surface area is 105 Å². The van der Waals surface area contributed by atoms with Crippen LogP contribution < -0.4 is 4.74 Å². The highest BCUT2D eigenvalue weighted by molar-refractivity contribution is 5.36. The highest BCUT2D eigenvalue weighted by Gasteiger charge is 2.05. The molecule has 0 radical (unpaired) electrons. The van der Waals surface area contributed by atoms with Crippen LogP contribution in [0.5, 0.6) is 5.75 Å². The van der Waals surface area contributed by atoms with Crippen LogP contribution in [0.15, 0.2) is 18.2 Å². The Morgan fingerprint density at radius 2 is 1.94 bits per heavy atom. The van der Waals surface area contributed by atoms with Gasteiger partial charge in [-0.25, -0.2) is 0 Å². The maximum atomic E-state index is 9.47. The first-order chi connectivity index (χ1) is 8.00. The van der Waals surface area contributed by atoms with E-state index in [0.717, 1.165) is 35.8 Å².